The third-order valence-corrected chi connectivity index (χ3v) is 0.815. The number of nitrogens with zero attached hydrogens (tertiary/aromatic N) is 1. The van der Waals surface area contributed by atoms with Gasteiger partial charge in [0, 0.05) is 32.7 Å². The Morgan fingerprint density at radius 1 is 1.62 bits per heavy atom. The van der Waals surface area contributed by atoms with E-state index in [1.165, 1.54) is 0 Å². The Morgan fingerprint density at radius 3 is 2.25 bits per heavy atom. The summed E-state index contributed by atoms with van der Waals surface area (Å²) in [5.74, 6) is 0. The van der Waals surface area contributed by atoms with Crippen LogP contribution in [0.5, 0.6) is 0 Å². The van der Waals surface area contributed by atoms with Crippen molar-refractivity contribution in [2.75, 3.05) is 0 Å². The van der Waals surface area contributed by atoms with E-state index in [1.807, 2.05) is 20.3 Å². The van der Waals surface area contributed by atoms with Gasteiger partial charge >= 0.3 is 0 Å². The standard InChI is InChI=1S/C6H11N.Y/c1-4-6(3)7-5-2;/h4,6H,1-3H3;/q-2;. The van der Waals surface area contributed by atoms with Gasteiger partial charge in [0.1, 0.15) is 0 Å². The minimum Gasteiger partial charge on any atom is -0.530 e. The van der Waals surface area contributed by atoms with Crippen molar-refractivity contribution >= 4 is 6.21 Å². The minimum absolute atomic E-state index is 0. The van der Waals surface area contributed by atoms with E-state index in [2.05, 4.69) is 11.2 Å². The van der Waals surface area contributed by atoms with Crippen molar-refractivity contribution in [3.05, 3.63) is 6.42 Å². The first-order valence-electron chi connectivity index (χ1n) is 2.47. The van der Waals surface area contributed by atoms with Crippen LogP contribution >= 0.6 is 0 Å². The Bertz CT molecular complexity index is 61.5. The maximum Gasteiger partial charge on any atom is 0 e. The molecule has 0 saturated carbocycles. The monoisotopic (exact) mass is 186 g/mol. The Hall–Kier alpha value is 0.774. The zero-order valence-corrected chi connectivity index (χ0v) is 8.52. The summed E-state index contributed by atoms with van der Waals surface area (Å²) >= 11 is 0. The number of aliphatic imine (C=N–C) groups is 1. The van der Waals surface area contributed by atoms with Gasteiger partial charge < -0.3 is 17.6 Å². The fourth-order valence-electron chi connectivity index (χ4n) is 0.278. The molecule has 0 amide bonds. The van der Waals surface area contributed by atoms with Crippen LogP contribution in [0.1, 0.15) is 20.8 Å². The molecule has 0 saturated heterocycles. The van der Waals surface area contributed by atoms with Crippen molar-refractivity contribution in [2.24, 2.45) is 4.99 Å². The summed E-state index contributed by atoms with van der Waals surface area (Å²) in [7, 11) is 0. The molecule has 2 heteroatoms. The molecule has 0 fully saturated rings. The smallest absolute Gasteiger partial charge is 0 e. The van der Waals surface area contributed by atoms with E-state index in [9.17, 15) is 0 Å². The molecule has 0 aliphatic heterocycles. The third kappa shape index (κ3) is 6.77. The van der Waals surface area contributed by atoms with E-state index >= 15 is 0 Å². The van der Waals surface area contributed by atoms with Crippen LogP contribution in [-0.4, -0.2) is 12.3 Å². The first-order valence-corrected chi connectivity index (χ1v) is 2.47. The van der Waals surface area contributed by atoms with Crippen LogP contribution < -0.4 is 0 Å². The third-order valence-electron chi connectivity index (χ3n) is 0.815. The quantitative estimate of drug-likeness (QED) is 0.458. The maximum atomic E-state index is 3.94. The van der Waals surface area contributed by atoms with Gasteiger partial charge in [-0.3, -0.25) is 0 Å². The van der Waals surface area contributed by atoms with E-state index in [0.717, 1.165) is 0 Å². The molecule has 1 atom stereocenters. The zero-order chi connectivity index (χ0) is 5.70. The van der Waals surface area contributed by atoms with Crippen LogP contribution in [0.3, 0.4) is 0 Å². The Balaban J connectivity index is 0. The molecule has 1 nitrogen and oxygen atoms in total. The molecule has 0 aliphatic rings. The molecule has 1 unspecified atom stereocenters. The van der Waals surface area contributed by atoms with Crippen LogP contribution in [0, 0.1) is 6.42 Å². The molecule has 45 valence electrons. The fourth-order valence-corrected chi connectivity index (χ4v) is 0.278. The molecule has 0 aromatic carbocycles. The Kier molecular flexibility index (Phi) is 11.2. The van der Waals surface area contributed by atoms with Gasteiger partial charge in [-0.25, -0.2) is 0 Å². The van der Waals surface area contributed by atoms with E-state index in [0.29, 0.717) is 6.04 Å². The molecular formula is C6H11NY-2. The Morgan fingerprint density at radius 2 is 2.12 bits per heavy atom. The fraction of sp³-hybridized carbons (Fsp3) is 0.667. The summed E-state index contributed by atoms with van der Waals surface area (Å²) in [6.45, 7) is 5.82. The summed E-state index contributed by atoms with van der Waals surface area (Å²) in [5, 5.41) is 0. The summed E-state index contributed by atoms with van der Waals surface area (Å²) < 4.78 is 0. The summed E-state index contributed by atoms with van der Waals surface area (Å²) in [5.41, 5.74) is 0. The van der Waals surface area contributed by atoms with Crippen LogP contribution in [0.25, 0.3) is 0 Å². The van der Waals surface area contributed by atoms with E-state index < -0.39 is 0 Å². The van der Waals surface area contributed by atoms with Crippen molar-refractivity contribution in [3.63, 3.8) is 0 Å². The average Bonchev–Trinajstić information content (AvgIpc) is 1.68. The van der Waals surface area contributed by atoms with Gasteiger partial charge in [-0.15, -0.1) is 6.04 Å². The van der Waals surface area contributed by atoms with Crippen LogP contribution in [-0.2, 0) is 32.7 Å². The molecular weight excluding hydrogens is 175 g/mol. The summed E-state index contributed by atoms with van der Waals surface area (Å²) in [6, 6.07) is 0.338. The van der Waals surface area contributed by atoms with Gasteiger partial charge in [-0.2, -0.15) is 13.8 Å². The van der Waals surface area contributed by atoms with Gasteiger partial charge in [-0.05, 0) is 0 Å². The SMILES string of the molecule is C[C-]=NC(C)[CH-]C.[Y]. The molecule has 0 aliphatic carbocycles. The molecule has 0 bridgehead atoms. The van der Waals surface area contributed by atoms with E-state index in [1.54, 1.807) is 6.92 Å². The van der Waals surface area contributed by atoms with Crippen molar-refractivity contribution in [1.29, 1.82) is 0 Å². The number of rotatable bonds is 2. The molecule has 0 heterocycles. The normalized spacial score (nSPS) is 13.4. The first-order chi connectivity index (χ1) is 3.31. The second kappa shape index (κ2) is 7.77. The average molecular weight is 186 g/mol. The van der Waals surface area contributed by atoms with Crippen molar-refractivity contribution in [2.45, 2.75) is 26.8 Å². The van der Waals surface area contributed by atoms with Crippen LogP contribution in [0.15, 0.2) is 4.99 Å². The summed E-state index contributed by atoms with van der Waals surface area (Å²) in [4.78, 5) is 3.94. The zero-order valence-electron chi connectivity index (χ0n) is 5.68. The van der Waals surface area contributed by atoms with Gasteiger partial charge in [0.25, 0.3) is 0 Å². The molecule has 0 aromatic rings. The predicted molar refractivity (Wildman–Crippen MR) is 32.5 cm³/mol. The molecule has 0 N–H and O–H groups in total. The molecule has 0 aromatic heterocycles. The van der Waals surface area contributed by atoms with E-state index in [4.69, 9.17) is 0 Å². The van der Waals surface area contributed by atoms with Crippen LogP contribution in [0.2, 0.25) is 0 Å². The molecule has 0 spiro atoms. The first kappa shape index (κ1) is 11.6. The second-order valence-electron chi connectivity index (χ2n) is 1.43. The predicted octanol–water partition coefficient (Wildman–Crippen LogP) is 1.56. The van der Waals surface area contributed by atoms with Gasteiger partial charge in [0.2, 0.25) is 0 Å². The molecule has 8 heavy (non-hydrogen) atoms. The van der Waals surface area contributed by atoms with Gasteiger partial charge in [0.05, 0.1) is 0 Å². The maximum absolute atomic E-state index is 3.94. The molecule has 0 rings (SSSR count). The van der Waals surface area contributed by atoms with Crippen LogP contribution in [0.4, 0.5) is 0 Å². The van der Waals surface area contributed by atoms with Gasteiger partial charge in [0.15, 0.2) is 0 Å². The molecule has 1 radical (unpaired) electrons. The largest absolute Gasteiger partial charge is 0.530 e. The van der Waals surface area contributed by atoms with E-state index in [-0.39, 0.29) is 32.7 Å². The van der Waals surface area contributed by atoms with Crippen molar-refractivity contribution in [1.82, 2.24) is 0 Å². The number of hydrogen-bond acceptors (Lipinski definition) is 1. The minimum atomic E-state index is 0. The summed E-state index contributed by atoms with van der Waals surface area (Å²) in [6.07, 6.45) is 4.74. The van der Waals surface area contributed by atoms with Crippen molar-refractivity contribution in [3.8, 4) is 0 Å². The van der Waals surface area contributed by atoms with Crippen molar-refractivity contribution < 1.29 is 32.7 Å². The topological polar surface area (TPSA) is 12.4 Å². The second-order valence-corrected chi connectivity index (χ2v) is 1.43. The van der Waals surface area contributed by atoms with Gasteiger partial charge in [-0.1, -0.05) is 6.92 Å². The Labute approximate surface area is 76.8 Å². The number of hydrogen-bond donors (Lipinski definition) is 0.